The second kappa shape index (κ2) is 6.75. The molecule has 2 heteroatoms. The largest absolute Gasteiger partial charge is 0.377 e. The topological polar surface area (TPSA) is 21.3 Å². The predicted molar refractivity (Wildman–Crippen MR) is 72.2 cm³/mol. The van der Waals surface area contributed by atoms with Crippen LogP contribution in [0.2, 0.25) is 0 Å². The van der Waals surface area contributed by atoms with E-state index in [1.54, 1.807) is 0 Å². The van der Waals surface area contributed by atoms with E-state index in [-0.39, 0.29) is 0 Å². The lowest BCUT2D eigenvalue weighted by Gasteiger charge is -2.36. The normalized spacial score (nSPS) is 25.8. The van der Waals surface area contributed by atoms with Crippen molar-refractivity contribution in [1.29, 1.82) is 0 Å². The van der Waals surface area contributed by atoms with Gasteiger partial charge in [-0.3, -0.25) is 0 Å². The number of likely N-dealkylation sites (N-methyl/N-ethyl adjacent to an activating group) is 1. The van der Waals surface area contributed by atoms with Crippen LogP contribution in [0.1, 0.15) is 58.8 Å². The molecule has 2 aliphatic rings. The third-order valence-corrected chi connectivity index (χ3v) is 4.40. The summed E-state index contributed by atoms with van der Waals surface area (Å²) in [5, 5.41) is 3.70. The van der Waals surface area contributed by atoms with Gasteiger partial charge in [-0.05, 0) is 51.0 Å². The maximum absolute atomic E-state index is 6.13. The van der Waals surface area contributed by atoms with Crippen LogP contribution in [-0.2, 0) is 4.74 Å². The van der Waals surface area contributed by atoms with Crippen LogP contribution in [0.25, 0.3) is 0 Å². The van der Waals surface area contributed by atoms with Crippen LogP contribution >= 0.6 is 0 Å². The maximum Gasteiger partial charge on any atom is 0.0758 e. The van der Waals surface area contributed by atoms with Crippen LogP contribution < -0.4 is 5.32 Å². The molecule has 2 fully saturated rings. The lowest BCUT2D eigenvalue weighted by Crippen LogP contribution is -2.47. The Morgan fingerprint density at radius 2 is 1.71 bits per heavy atom. The van der Waals surface area contributed by atoms with Gasteiger partial charge in [-0.2, -0.15) is 0 Å². The summed E-state index contributed by atoms with van der Waals surface area (Å²) in [6.45, 7) is 6.32. The van der Waals surface area contributed by atoms with Gasteiger partial charge in [-0.25, -0.2) is 0 Å². The Hall–Kier alpha value is -0.0800. The van der Waals surface area contributed by atoms with Gasteiger partial charge in [0.1, 0.15) is 0 Å². The first kappa shape index (κ1) is 13.4. The third-order valence-electron chi connectivity index (χ3n) is 4.40. The number of nitrogens with one attached hydrogen (secondary N) is 1. The Labute approximate surface area is 107 Å². The molecule has 0 bridgehead atoms. The Kier molecular flexibility index (Phi) is 5.30. The Bertz CT molecular complexity index is 209. The van der Waals surface area contributed by atoms with Gasteiger partial charge in [0.15, 0.2) is 0 Å². The minimum absolute atomic E-state index is 0.479. The fourth-order valence-corrected chi connectivity index (χ4v) is 3.43. The lowest BCUT2D eigenvalue weighted by molar-refractivity contribution is -0.0221. The van der Waals surface area contributed by atoms with Gasteiger partial charge in [0, 0.05) is 12.6 Å². The minimum Gasteiger partial charge on any atom is -0.377 e. The minimum atomic E-state index is 0.479. The quantitative estimate of drug-likeness (QED) is 0.735. The molecule has 2 nitrogen and oxygen atoms in total. The number of ether oxygens (including phenoxy) is 1. The molecule has 17 heavy (non-hydrogen) atoms. The van der Waals surface area contributed by atoms with Gasteiger partial charge in [-0.15, -0.1) is 0 Å². The predicted octanol–water partition coefficient (Wildman–Crippen LogP) is 3.36. The number of hydrogen-bond donors (Lipinski definition) is 1. The molecule has 0 radical (unpaired) electrons. The zero-order valence-electron chi connectivity index (χ0n) is 11.6. The molecule has 2 saturated carbocycles. The summed E-state index contributed by atoms with van der Waals surface area (Å²) in [5.41, 5.74) is 0. The van der Waals surface area contributed by atoms with Crippen LogP contribution in [0.3, 0.4) is 0 Å². The molecule has 0 saturated heterocycles. The first-order chi connectivity index (χ1) is 8.36. The van der Waals surface area contributed by atoms with Crippen molar-refractivity contribution < 1.29 is 4.74 Å². The van der Waals surface area contributed by atoms with Crippen LogP contribution in [0.5, 0.6) is 0 Å². The second-order valence-corrected chi connectivity index (χ2v) is 5.74. The third kappa shape index (κ3) is 3.69. The van der Waals surface area contributed by atoms with E-state index in [1.807, 2.05) is 0 Å². The van der Waals surface area contributed by atoms with Crippen LogP contribution in [0.4, 0.5) is 0 Å². The number of rotatable bonds is 7. The van der Waals surface area contributed by atoms with Crippen LogP contribution in [0.15, 0.2) is 0 Å². The zero-order valence-corrected chi connectivity index (χ0v) is 11.6. The highest BCUT2D eigenvalue weighted by Gasteiger charge is 2.40. The monoisotopic (exact) mass is 239 g/mol. The van der Waals surface area contributed by atoms with E-state index >= 15 is 0 Å². The van der Waals surface area contributed by atoms with Crippen molar-refractivity contribution in [2.24, 2.45) is 11.8 Å². The molecule has 0 spiro atoms. The average Bonchev–Trinajstić information content (AvgIpc) is 3.19. The highest BCUT2D eigenvalue weighted by Crippen LogP contribution is 2.39. The summed E-state index contributed by atoms with van der Waals surface area (Å²) in [6.07, 6.45) is 10.3. The number of hydrogen-bond acceptors (Lipinski definition) is 2. The molecule has 0 heterocycles. The highest BCUT2D eigenvalue weighted by molar-refractivity contribution is 4.94. The van der Waals surface area contributed by atoms with Gasteiger partial charge < -0.3 is 10.1 Å². The van der Waals surface area contributed by atoms with E-state index in [4.69, 9.17) is 4.74 Å². The van der Waals surface area contributed by atoms with Gasteiger partial charge in [-0.1, -0.05) is 26.2 Å². The molecule has 0 aromatic heterocycles. The van der Waals surface area contributed by atoms with Crippen molar-refractivity contribution in [3.63, 3.8) is 0 Å². The summed E-state index contributed by atoms with van der Waals surface area (Å²) in [5.74, 6) is 1.71. The molecular formula is C15H29NO. The highest BCUT2D eigenvalue weighted by atomic mass is 16.5. The molecule has 2 atom stereocenters. The first-order valence-corrected chi connectivity index (χ1v) is 7.71. The fourth-order valence-electron chi connectivity index (χ4n) is 3.43. The molecule has 0 aromatic carbocycles. The Morgan fingerprint density at radius 3 is 2.24 bits per heavy atom. The molecule has 0 amide bonds. The van der Waals surface area contributed by atoms with Crippen molar-refractivity contribution >= 4 is 0 Å². The molecular weight excluding hydrogens is 210 g/mol. The van der Waals surface area contributed by atoms with Gasteiger partial charge >= 0.3 is 0 Å². The molecule has 2 rings (SSSR count). The standard InChI is InChI=1S/C15H29NO/c1-3-16-14(12-10-11-12)15(17-4-2)13-8-6-5-7-9-13/h12-16H,3-11H2,1-2H3. The second-order valence-electron chi connectivity index (χ2n) is 5.74. The Morgan fingerprint density at radius 1 is 1.00 bits per heavy atom. The van der Waals surface area contributed by atoms with Gasteiger partial charge in [0.2, 0.25) is 0 Å². The van der Waals surface area contributed by atoms with Crippen molar-refractivity contribution in [1.82, 2.24) is 5.32 Å². The summed E-state index contributed by atoms with van der Waals surface area (Å²) in [6, 6.07) is 0.628. The maximum atomic E-state index is 6.13. The molecule has 1 N–H and O–H groups in total. The van der Waals surface area contributed by atoms with E-state index in [9.17, 15) is 0 Å². The smallest absolute Gasteiger partial charge is 0.0758 e. The van der Waals surface area contributed by atoms with E-state index in [0.717, 1.165) is 25.0 Å². The molecule has 100 valence electrons. The SMILES string of the molecule is CCNC(C1CC1)C(OCC)C1CCCCC1. The van der Waals surface area contributed by atoms with Crippen molar-refractivity contribution in [2.45, 2.75) is 70.9 Å². The van der Waals surface area contributed by atoms with Gasteiger partial charge in [0.05, 0.1) is 6.10 Å². The van der Waals surface area contributed by atoms with Crippen LogP contribution in [-0.4, -0.2) is 25.3 Å². The van der Waals surface area contributed by atoms with E-state index in [1.165, 1.54) is 44.9 Å². The molecule has 0 aromatic rings. The Balaban J connectivity index is 1.96. The summed E-state index contributed by atoms with van der Waals surface area (Å²) >= 11 is 0. The summed E-state index contributed by atoms with van der Waals surface area (Å²) in [4.78, 5) is 0. The zero-order chi connectivity index (χ0) is 12.1. The summed E-state index contributed by atoms with van der Waals surface area (Å²) < 4.78 is 6.13. The van der Waals surface area contributed by atoms with Crippen molar-refractivity contribution in [3.05, 3.63) is 0 Å². The van der Waals surface area contributed by atoms with E-state index in [0.29, 0.717) is 12.1 Å². The molecule has 2 unspecified atom stereocenters. The van der Waals surface area contributed by atoms with Crippen molar-refractivity contribution in [3.8, 4) is 0 Å². The average molecular weight is 239 g/mol. The van der Waals surface area contributed by atoms with Crippen molar-refractivity contribution in [2.75, 3.05) is 13.2 Å². The summed E-state index contributed by atoms with van der Waals surface area (Å²) in [7, 11) is 0. The van der Waals surface area contributed by atoms with E-state index < -0.39 is 0 Å². The molecule has 2 aliphatic carbocycles. The molecule has 0 aliphatic heterocycles. The van der Waals surface area contributed by atoms with Crippen LogP contribution in [0, 0.1) is 11.8 Å². The fraction of sp³-hybridized carbons (Fsp3) is 1.00. The lowest BCUT2D eigenvalue weighted by atomic mass is 9.81. The van der Waals surface area contributed by atoms with Gasteiger partial charge in [0.25, 0.3) is 0 Å². The van der Waals surface area contributed by atoms with E-state index in [2.05, 4.69) is 19.2 Å². The first-order valence-electron chi connectivity index (χ1n) is 7.71.